The molecule has 0 bridgehead atoms. The summed E-state index contributed by atoms with van der Waals surface area (Å²) in [5.41, 5.74) is 1.31. The quantitative estimate of drug-likeness (QED) is 0.572. The monoisotopic (exact) mass is 192 g/mol. The minimum absolute atomic E-state index is 0.0844. The van der Waals surface area contributed by atoms with Crippen molar-refractivity contribution in [2.24, 2.45) is 0 Å². The molecular weight excluding hydrogens is 180 g/mol. The number of carbonyl (C=O) groups excluding carboxylic acids is 2. The number of aromatic nitrogens is 1. The van der Waals surface area contributed by atoms with Crippen LogP contribution in [0.15, 0.2) is 18.3 Å². The number of hydrogen-bond acceptors (Lipinski definition) is 2. The minimum atomic E-state index is -0.0844. The Balaban J connectivity index is 2.68. The lowest BCUT2D eigenvalue weighted by Crippen LogP contribution is -2.18. The van der Waals surface area contributed by atoms with Crippen molar-refractivity contribution in [3.8, 4) is 0 Å². The number of amides is 1. The van der Waals surface area contributed by atoms with E-state index >= 15 is 0 Å². The Bertz CT molecular complexity index is 364. The fourth-order valence-electron chi connectivity index (χ4n) is 0.910. The number of aromatic amines is 1. The second-order valence-corrected chi connectivity index (χ2v) is 3.07. The van der Waals surface area contributed by atoms with Crippen LogP contribution in [0.4, 0.5) is 0 Å². The van der Waals surface area contributed by atoms with Crippen LogP contribution in [-0.2, 0) is 4.79 Å². The van der Waals surface area contributed by atoms with Gasteiger partial charge in [-0.1, -0.05) is 0 Å². The van der Waals surface area contributed by atoms with E-state index < -0.39 is 0 Å². The molecule has 0 saturated carbocycles. The van der Waals surface area contributed by atoms with E-state index in [-0.39, 0.29) is 5.91 Å². The van der Waals surface area contributed by atoms with Gasteiger partial charge in [0.2, 0.25) is 5.91 Å². The normalized spacial score (nSPS) is 10.4. The van der Waals surface area contributed by atoms with Gasteiger partial charge in [-0.15, -0.1) is 0 Å². The van der Waals surface area contributed by atoms with Gasteiger partial charge in [-0.05, 0) is 17.7 Å². The molecule has 0 aromatic carbocycles. The molecule has 0 spiro atoms. The lowest BCUT2D eigenvalue weighted by Gasteiger charge is -2.04. The Kier molecular flexibility index (Phi) is 3.23. The Labute approximate surface area is 82.2 Å². The zero-order valence-electron chi connectivity index (χ0n) is 8.15. The Morgan fingerprint density at radius 3 is 2.71 bits per heavy atom. The number of likely N-dealkylation sites (N-methyl/N-ethyl adjacent to an activating group) is 1. The maximum absolute atomic E-state index is 11.2. The molecule has 0 aliphatic rings. The van der Waals surface area contributed by atoms with Gasteiger partial charge in [0.05, 0.1) is 5.69 Å². The molecule has 1 amide bonds. The average Bonchev–Trinajstić information content (AvgIpc) is 2.61. The van der Waals surface area contributed by atoms with Crippen LogP contribution in [0, 0.1) is 0 Å². The molecule has 0 aliphatic carbocycles. The zero-order valence-corrected chi connectivity index (χ0v) is 8.15. The molecule has 1 aromatic heterocycles. The SMILES string of the molecule is CN(C)C(=O)/C=C/c1c[nH]c(C=O)c1. The lowest BCUT2D eigenvalue weighted by molar-refractivity contribution is -0.123. The minimum Gasteiger partial charge on any atom is -0.358 e. The van der Waals surface area contributed by atoms with E-state index in [1.54, 1.807) is 32.4 Å². The first-order valence-corrected chi connectivity index (χ1v) is 4.16. The molecule has 1 heterocycles. The summed E-state index contributed by atoms with van der Waals surface area (Å²) in [5, 5.41) is 0. The van der Waals surface area contributed by atoms with Crippen molar-refractivity contribution >= 4 is 18.3 Å². The van der Waals surface area contributed by atoms with E-state index in [2.05, 4.69) is 4.98 Å². The van der Waals surface area contributed by atoms with Gasteiger partial charge in [0.1, 0.15) is 0 Å². The third-order valence-corrected chi connectivity index (χ3v) is 1.71. The summed E-state index contributed by atoms with van der Waals surface area (Å²) in [5.74, 6) is -0.0844. The highest BCUT2D eigenvalue weighted by atomic mass is 16.2. The highest BCUT2D eigenvalue weighted by Crippen LogP contribution is 2.03. The van der Waals surface area contributed by atoms with E-state index in [4.69, 9.17) is 0 Å². The summed E-state index contributed by atoms with van der Waals surface area (Å²) in [6.07, 6.45) is 5.51. The van der Waals surface area contributed by atoms with E-state index in [1.165, 1.54) is 11.0 Å². The van der Waals surface area contributed by atoms with Crippen LogP contribution in [0.2, 0.25) is 0 Å². The first-order chi connectivity index (χ1) is 6.63. The van der Waals surface area contributed by atoms with Crippen LogP contribution in [0.25, 0.3) is 6.08 Å². The number of aldehydes is 1. The maximum Gasteiger partial charge on any atom is 0.246 e. The van der Waals surface area contributed by atoms with Gasteiger partial charge < -0.3 is 9.88 Å². The van der Waals surface area contributed by atoms with Crippen LogP contribution in [0.1, 0.15) is 16.1 Å². The summed E-state index contributed by atoms with van der Waals surface area (Å²) in [4.78, 5) is 25.7. The molecule has 4 heteroatoms. The first-order valence-electron chi connectivity index (χ1n) is 4.16. The first kappa shape index (κ1) is 10.2. The van der Waals surface area contributed by atoms with Crippen LogP contribution in [-0.4, -0.2) is 36.2 Å². The molecule has 74 valence electrons. The molecule has 0 radical (unpaired) electrons. The van der Waals surface area contributed by atoms with Gasteiger partial charge in [0, 0.05) is 26.4 Å². The highest BCUT2D eigenvalue weighted by molar-refractivity contribution is 5.91. The standard InChI is InChI=1S/C10H12N2O2/c1-12(2)10(14)4-3-8-5-9(7-13)11-6-8/h3-7,11H,1-2H3/b4-3+. The van der Waals surface area contributed by atoms with Gasteiger partial charge in [-0.3, -0.25) is 9.59 Å². The highest BCUT2D eigenvalue weighted by Gasteiger charge is 1.98. The van der Waals surface area contributed by atoms with Crippen molar-refractivity contribution in [2.45, 2.75) is 0 Å². The smallest absolute Gasteiger partial charge is 0.246 e. The number of nitrogens with one attached hydrogen (secondary N) is 1. The largest absolute Gasteiger partial charge is 0.358 e. The second kappa shape index (κ2) is 4.41. The van der Waals surface area contributed by atoms with E-state index in [1.807, 2.05) is 0 Å². The molecule has 1 N–H and O–H groups in total. The molecule has 4 nitrogen and oxygen atoms in total. The number of nitrogens with zero attached hydrogens (tertiary/aromatic N) is 1. The van der Waals surface area contributed by atoms with Crippen molar-refractivity contribution in [1.82, 2.24) is 9.88 Å². The van der Waals surface area contributed by atoms with Gasteiger partial charge in [-0.2, -0.15) is 0 Å². The topological polar surface area (TPSA) is 53.2 Å². The van der Waals surface area contributed by atoms with Crippen molar-refractivity contribution < 1.29 is 9.59 Å². The summed E-state index contributed by atoms with van der Waals surface area (Å²) >= 11 is 0. The van der Waals surface area contributed by atoms with Crippen molar-refractivity contribution in [1.29, 1.82) is 0 Å². The fraction of sp³-hybridized carbons (Fsp3) is 0.200. The molecule has 1 aromatic rings. The number of H-pyrrole nitrogens is 1. The molecule has 1 rings (SSSR count). The van der Waals surface area contributed by atoms with Gasteiger partial charge >= 0.3 is 0 Å². The van der Waals surface area contributed by atoms with Crippen LogP contribution in [0.3, 0.4) is 0 Å². The fourth-order valence-corrected chi connectivity index (χ4v) is 0.910. The third-order valence-electron chi connectivity index (χ3n) is 1.71. The van der Waals surface area contributed by atoms with Gasteiger partial charge in [0.25, 0.3) is 0 Å². The predicted octanol–water partition coefficient (Wildman–Crippen LogP) is 0.929. The van der Waals surface area contributed by atoms with E-state index in [9.17, 15) is 9.59 Å². The summed E-state index contributed by atoms with van der Waals surface area (Å²) in [6.45, 7) is 0. The van der Waals surface area contributed by atoms with Gasteiger partial charge in [-0.25, -0.2) is 0 Å². The van der Waals surface area contributed by atoms with Crippen LogP contribution < -0.4 is 0 Å². The molecular formula is C10H12N2O2. The van der Waals surface area contributed by atoms with Crippen molar-refractivity contribution in [3.05, 3.63) is 29.6 Å². The van der Waals surface area contributed by atoms with Crippen LogP contribution in [0.5, 0.6) is 0 Å². The second-order valence-electron chi connectivity index (χ2n) is 3.07. The Morgan fingerprint density at radius 1 is 1.50 bits per heavy atom. The summed E-state index contributed by atoms with van der Waals surface area (Å²) in [6, 6.07) is 1.67. The predicted molar refractivity (Wildman–Crippen MR) is 53.9 cm³/mol. The number of hydrogen-bond donors (Lipinski definition) is 1. The third kappa shape index (κ3) is 2.58. The molecule has 14 heavy (non-hydrogen) atoms. The zero-order chi connectivity index (χ0) is 10.6. The van der Waals surface area contributed by atoms with Crippen molar-refractivity contribution in [3.63, 3.8) is 0 Å². The summed E-state index contributed by atoms with van der Waals surface area (Å²) in [7, 11) is 3.36. The molecule has 0 aliphatic heterocycles. The molecule has 0 saturated heterocycles. The molecule has 0 fully saturated rings. The summed E-state index contributed by atoms with van der Waals surface area (Å²) < 4.78 is 0. The lowest BCUT2D eigenvalue weighted by atomic mass is 10.3. The van der Waals surface area contributed by atoms with E-state index in [0.29, 0.717) is 5.69 Å². The Hall–Kier alpha value is -1.84. The molecule has 0 unspecified atom stereocenters. The van der Waals surface area contributed by atoms with Crippen molar-refractivity contribution in [2.75, 3.05) is 14.1 Å². The van der Waals surface area contributed by atoms with Gasteiger partial charge in [0.15, 0.2) is 6.29 Å². The van der Waals surface area contributed by atoms with Crippen LogP contribution >= 0.6 is 0 Å². The Morgan fingerprint density at radius 2 is 2.21 bits per heavy atom. The number of rotatable bonds is 3. The molecule has 0 atom stereocenters. The maximum atomic E-state index is 11.2. The average molecular weight is 192 g/mol. The van der Waals surface area contributed by atoms with E-state index in [0.717, 1.165) is 11.8 Å². The number of carbonyl (C=O) groups is 2.